The number of hydrogen-bond acceptors (Lipinski definition) is 7. The fraction of sp³-hybridized carbons (Fsp3) is 0.182. The highest BCUT2D eigenvalue weighted by Crippen LogP contribution is 2.26. The molecule has 0 aliphatic heterocycles. The minimum atomic E-state index is -1.23. The van der Waals surface area contributed by atoms with Crippen LogP contribution in [0.15, 0.2) is 23.0 Å². The zero-order valence-corrected chi connectivity index (χ0v) is 11.2. The second kappa shape index (κ2) is 5.61. The van der Waals surface area contributed by atoms with E-state index in [4.69, 9.17) is 5.11 Å². The molecule has 0 spiro atoms. The van der Waals surface area contributed by atoms with Crippen LogP contribution in [-0.2, 0) is 6.54 Å². The summed E-state index contributed by atoms with van der Waals surface area (Å²) in [6.45, 7) is 0.306. The number of thiazole rings is 1. The lowest BCUT2D eigenvalue weighted by Crippen LogP contribution is -2.20. The fourth-order valence-corrected chi connectivity index (χ4v) is 2.17. The van der Waals surface area contributed by atoms with E-state index in [-0.39, 0.29) is 17.2 Å². The molecule has 2 rings (SSSR count). The predicted octanol–water partition coefficient (Wildman–Crippen LogP) is 1.78. The zero-order valence-electron chi connectivity index (χ0n) is 10.4. The first-order valence-electron chi connectivity index (χ1n) is 5.46. The summed E-state index contributed by atoms with van der Waals surface area (Å²) < 4.78 is 0. The number of hydrogen-bond donors (Lipinski definition) is 1. The number of anilines is 1. The Morgan fingerprint density at radius 3 is 2.85 bits per heavy atom. The van der Waals surface area contributed by atoms with Crippen LogP contribution in [0.3, 0.4) is 0 Å². The Morgan fingerprint density at radius 1 is 1.55 bits per heavy atom. The highest BCUT2D eigenvalue weighted by atomic mass is 32.1. The molecule has 0 atom stereocenters. The summed E-state index contributed by atoms with van der Waals surface area (Å²) in [7, 11) is 1.60. The summed E-state index contributed by atoms with van der Waals surface area (Å²) >= 11 is 1.41. The van der Waals surface area contributed by atoms with E-state index in [2.05, 4.69) is 9.97 Å². The van der Waals surface area contributed by atoms with Gasteiger partial charge in [0, 0.05) is 18.5 Å². The van der Waals surface area contributed by atoms with Crippen molar-refractivity contribution in [1.29, 1.82) is 0 Å². The molecule has 0 unspecified atom stereocenters. The lowest BCUT2D eigenvalue weighted by Gasteiger charge is -2.17. The van der Waals surface area contributed by atoms with Gasteiger partial charge in [0.05, 0.1) is 22.7 Å². The van der Waals surface area contributed by atoms with Gasteiger partial charge in [-0.3, -0.25) is 10.1 Å². The van der Waals surface area contributed by atoms with Gasteiger partial charge in [-0.2, -0.15) is 0 Å². The quantitative estimate of drug-likeness (QED) is 0.661. The smallest absolute Gasteiger partial charge is 0.354 e. The van der Waals surface area contributed by atoms with Crippen LogP contribution in [0.25, 0.3) is 0 Å². The lowest BCUT2D eigenvalue weighted by atomic mass is 10.3. The number of pyridine rings is 1. The van der Waals surface area contributed by atoms with Crippen LogP contribution >= 0.6 is 11.3 Å². The normalized spacial score (nSPS) is 10.2. The van der Waals surface area contributed by atoms with E-state index in [9.17, 15) is 14.9 Å². The Hall–Kier alpha value is -2.55. The zero-order chi connectivity index (χ0) is 14.7. The number of carboxylic acid groups (broad SMARTS) is 1. The van der Waals surface area contributed by atoms with Gasteiger partial charge in [0.25, 0.3) is 0 Å². The van der Waals surface area contributed by atoms with Gasteiger partial charge in [-0.05, 0) is 6.07 Å². The standard InChI is InChI=1S/C11H10N4O4S/c1-14(4-7-5-20-6-12-7)10-9(15(18)19)3-2-8(13-10)11(16)17/h2-3,5-6H,4H2,1H3,(H,16,17). The third-order valence-electron chi connectivity index (χ3n) is 2.51. The van der Waals surface area contributed by atoms with E-state index < -0.39 is 10.9 Å². The van der Waals surface area contributed by atoms with Gasteiger partial charge in [-0.1, -0.05) is 0 Å². The first kappa shape index (κ1) is 13.9. The second-order valence-electron chi connectivity index (χ2n) is 3.94. The molecule has 0 bridgehead atoms. The number of aromatic nitrogens is 2. The molecular formula is C11H10N4O4S. The molecule has 8 nitrogen and oxygen atoms in total. The van der Waals surface area contributed by atoms with E-state index in [0.29, 0.717) is 6.54 Å². The predicted molar refractivity (Wildman–Crippen MR) is 72.1 cm³/mol. The summed E-state index contributed by atoms with van der Waals surface area (Å²) in [6.07, 6.45) is 0. The summed E-state index contributed by atoms with van der Waals surface area (Å²) in [4.78, 5) is 30.7. The Balaban J connectivity index is 2.38. The molecule has 0 radical (unpaired) electrons. The average molecular weight is 294 g/mol. The molecule has 9 heteroatoms. The molecule has 104 valence electrons. The Bertz CT molecular complexity index is 644. The molecule has 2 aromatic rings. The van der Waals surface area contributed by atoms with Crippen molar-refractivity contribution in [2.75, 3.05) is 11.9 Å². The third kappa shape index (κ3) is 2.88. The van der Waals surface area contributed by atoms with Crippen molar-refractivity contribution in [3.8, 4) is 0 Å². The summed E-state index contributed by atoms with van der Waals surface area (Å²) in [6, 6.07) is 2.25. The molecular weight excluding hydrogens is 284 g/mol. The van der Waals surface area contributed by atoms with Crippen molar-refractivity contribution in [2.45, 2.75) is 6.54 Å². The highest BCUT2D eigenvalue weighted by Gasteiger charge is 2.21. The fourth-order valence-electron chi connectivity index (χ4n) is 1.62. The van der Waals surface area contributed by atoms with Crippen LogP contribution in [0.2, 0.25) is 0 Å². The first-order valence-corrected chi connectivity index (χ1v) is 6.40. The largest absolute Gasteiger partial charge is 0.477 e. The van der Waals surface area contributed by atoms with Crippen molar-refractivity contribution in [3.05, 3.63) is 44.5 Å². The number of carboxylic acids is 1. The van der Waals surface area contributed by atoms with Gasteiger partial charge in [0.15, 0.2) is 5.69 Å². The van der Waals surface area contributed by atoms with E-state index in [1.807, 2.05) is 5.38 Å². The number of rotatable bonds is 5. The van der Waals surface area contributed by atoms with Crippen molar-refractivity contribution in [2.24, 2.45) is 0 Å². The number of nitro groups is 1. The minimum absolute atomic E-state index is 0.00269. The van der Waals surface area contributed by atoms with Gasteiger partial charge in [0.1, 0.15) is 0 Å². The van der Waals surface area contributed by atoms with E-state index in [1.54, 1.807) is 12.6 Å². The minimum Gasteiger partial charge on any atom is -0.477 e. The molecule has 0 saturated heterocycles. The van der Waals surface area contributed by atoms with Crippen molar-refractivity contribution >= 4 is 28.8 Å². The van der Waals surface area contributed by atoms with E-state index in [1.165, 1.54) is 16.2 Å². The van der Waals surface area contributed by atoms with E-state index in [0.717, 1.165) is 17.8 Å². The van der Waals surface area contributed by atoms with Crippen LogP contribution in [0.4, 0.5) is 11.5 Å². The molecule has 20 heavy (non-hydrogen) atoms. The van der Waals surface area contributed by atoms with Gasteiger partial charge in [0.2, 0.25) is 5.82 Å². The Labute approximate surface area is 117 Å². The monoisotopic (exact) mass is 294 g/mol. The number of nitrogens with zero attached hydrogens (tertiary/aromatic N) is 4. The van der Waals surface area contributed by atoms with Crippen molar-refractivity contribution < 1.29 is 14.8 Å². The van der Waals surface area contributed by atoms with Crippen LogP contribution in [0, 0.1) is 10.1 Å². The van der Waals surface area contributed by atoms with E-state index >= 15 is 0 Å². The summed E-state index contributed by atoms with van der Waals surface area (Å²) in [5, 5.41) is 21.7. The molecule has 0 saturated carbocycles. The molecule has 1 N–H and O–H groups in total. The van der Waals surface area contributed by atoms with Crippen LogP contribution in [0.5, 0.6) is 0 Å². The average Bonchev–Trinajstić information content (AvgIpc) is 2.90. The Kier molecular flexibility index (Phi) is 3.89. The van der Waals surface area contributed by atoms with Crippen LogP contribution in [0.1, 0.15) is 16.2 Å². The maximum atomic E-state index is 11.0. The van der Waals surface area contributed by atoms with Gasteiger partial charge in [-0.15, -0.1) is 11.3 Å². The summed E-state index contributed by atoms with van der Waals surface area (Å²) in [5.74, 6) is -1.23. The van der Waals surface area contributed by atoms with Crippen molar-refractivity contribution in [1.82, 2.24) is 9.97 Å². The third-order valence-corrected chi connectivity index (χ3v) is 3.15. The van der Waals surface area contributed by atoms with Gasteiger partial charge in [-0.25, -0.2) is 14.8 Å². The maximum Gasteiger partial charge on any atom is 0.354 e. The van der Waals surface area contributed by atoms with Gasteiger partial charge >= 0.3 is 11.7 Å². The molecule has 0 aliphatic carbocycles. The second-order valence-corrected chi connectivity index (χ2v) is 4.66. The molecule has 0 amide bonds. The van der Waals surface area contributed by atoms with Gasteiger partial charge < -0.3 is 10.0 Å². The SMILES string of the molecule is CN(Cc1cscn1)c1nc(C(=O)O)ccc1[N+](=O)[O-]. The maximum absolute atomic E-state index is 11.0. The molecule has 2 heterocycles. The highest BCUT2D eigenvalue weighted by molar-refractivity contribution is 7.07. The molecule has 2 aromatic heterocycles. The Morgan fingerprint density at radius 2 is 2.30 bits per heavy atom. The first-order chi connectivity index (χ1) is 9.49. The number of carbonyl (C=O) groups is 1. The molecule has 0 fully saturated rings. The lowest BCUT2D eigenvalue weighted by molar-refractivity contribution is -0.384. The van der Waals surface area contributed by atoms with Crippen molar-refractivity contribution in [3.63, 3.8) is 0 Å². The van der Waals surface area contributed by atoms with Crippen LogP contribution < -0.4 is 4.90 Å². The summed E-state index contributed by atoms with van der Waals surface area (Å²) in [5.41, 5.74) is 1.90. The van der Waals surface area contributed by atoms with Crippen LogP contribution in [-0.4, -0.2) is 33.0 Å². The molecule has 0 aromatic carbocycles. The number of aromatic carboxylic acids is 1. The molecule has 0 aliphatic rings. The topological polar surface area (TPSA) is 109 Å².